The van der Waals surface area contributed by atoms with Crippen LogP contribution in [0, 0.1) is 17.0 Å². The van der Waals surface area contributed by atoms with Gasteiger partial charge in [-0.25, -0.2) is 9.67 Å². The summed E-state index contributed by atoms with van der Waals surface area (Å²) in [4.78, 5) is 29.8. The van der Waals surface area contributed by atoms with Crippen LogP contribution in [0.25, 0.3) is 5.69 Å². The smallest absolute Gasteiger partial charge is 0.295 e. The molecule has 0 aliphatic heterocycles. The number of hydrogen-bond acceptors (Lipinski definition) is 6. The van der Waals surface area contributed by atoms with E-state index in [9.17, 15) is 14.9 Å². The van der Waals surface area contributed by atoms with Crippen molar-refractivity contribution < 1.29 is 14.1 Å². The minimum absolute atomic E-state index is 0.178. The monoisotopic (exact) mass is 403 g/mol. The van der Waals surface area contributed by atoms with Gasteiger partial charge in [0.25, 0.3) is 11.6 Å². The molecule has 9 heteroatoms. The fourth-order valence-corrected chi connectivity index (χ4v) is 3.05. The van der Waals surface area contributed by atoms with Gasteiger partial charge in [0.1, 0.15) is 24.1 Å². The van der Waals surface area contributed by atoms with Crippen molar-refractivity contribution in [1.82, 2.24) is 14.8 Å². The van der Waals surface area contributed by atoms with Crippen molar-refractivity contribution in [3.63, 3.8) is 0 Å². The third kappa shape index (κ3) is 3.81. The molecule has 0 aliphatic rings. The number of nitro groups is 1. The van der Waals surface area contributed by atoms with Gasteiger partial charge in [-0.2, -0.15) is 5.10 Å². The molecule has 0 N–H and O–H groups in total. The van der Waals surface area contributed by atoms with Crippen LogP contribution in [-0.4, -0.2) is 25.6 Å². The van der Waals surface area contributed by atoms with Crippen LogP contribution >= 0.6 is 0 Å². The van der Waals surface area contributed by atoms with Crippen molar-refractivity contribution in [1.29, 1.82) is 0 Å². The van der Waals surface area contributed by atoms with Crippen molar-refractivity contribution in [2.45, 2.75) is 13.5 Å². The van der Waals surface area contributed by atoms with Gasteiger partial charge in [-0.05, 0) is 43.3 Å². The minimum atomic E-state index is -0.545. The Hall–Kier alpha value is -4.27. The summed E-state index contributed by atoms with van der Waals surface area (Å²) in [5, 5.41) is 15.6. The van der Waals surface area contributed by atoms with Crippen LogP contribution in [0.3, 0.4) is 0 Å². The van der Waals surface area contributed by atoms with E-state index in [4.69, 9.17) is 4.42 Å². The van der Waals surface area contributed by atoms with Gasteiger partial charge >= 0.3 is 0 Å². The predicted molar refractivity (Wildman–Crippen MR) is 108 cm³/mol. The van der Waals surface area contributed by atoms with Gasteiger partial charge in [-0.15, -0.1) is 0 Å². The third-order valence-corrected chi connectivity index (χ3v) is 4.57. The molecule has 0 radical (unpaired) electrons. The first-order valence-electron chi connectivity index (χ1n) is 9.07. The average molecular weight is 403 g/mol. The van der Waals surface area contributed by atoms with Gasteiger partial charge in [0, 0.05) is 17.3 Å². The molecule has 30 heavy (non-hydrogen) atoms. The number of hydrogen-bond donors (Lipinski definition) is 0. The topological polar surface area (TPSA) is 107 Å². The van der Waals surface area contributed by atoms with Crippen molar-refractivity contribution in [2.75, 3.05) is 4.90 Å². The lowest BCUT2D eigenvalue weighted by atomic mass is 10.1. The number of carbonyl (C=O) groups excluding carboxylic acids is 1. The molecule has 2 aromatic heterocycles. The summed E-state index contributed by atoms with van der Waals surface area (Å²) in [6.45, 7) is 2.14. The molecule has 4 aromatic rings. The Morgan fingerprint density at radius 2 is 2.00 bits per heavy atom. The highest BCUT2D eigenvalue weighted by Gasteiger charge is 2.24. The van der Waals surface area contributed by atoms with Crippen molar-refractivity contribution >= 4 is 17.3 Å². The summed E-state index contributed by atoms with van der Waals surface area (Å²) in [5.41, 5.74) is 1.87. The van der Waals surface area contributed by atoms with Crippen LogP contribution in [0.15, 0.2) is 77.9 Å². The molecule has 0 spiro atoms. The molecule has 0 fully saturated rings. The molecule has 150 valence electrons. The number of rotatable bonds is 6. The number of anilines is 1. The summed E-state index contributed by atoms with van der Waals surface area (Å²) in [5.74, 6) is 0.209. The molecule has 9 nitrogen and oxygen atoms in total. The molecular formula is C21H17N5O4. The Bertz CT molecular complexity index is 1170. The van der Waals surface area contributed by atoms with Gasteiger partial charge in [0.05, 0.1) is 17.7 Å². The number of carbonyl (C=O) groups is 1. The van der Waals surface area contributed by atoms with E-state index in [1.54, 1.807) is 12.1 Å². The average Bonchev–Trinajstić information content (AvgIpc) is 3.46. The van der Waals surface area contributed by atoms with Gasteiger partial charge in [0.15, 0.2) is 0 Å². The lowest BCUT2D eigenvalue weighted by molar-refractivity contribution is -0.384. The Morgan fingerprint density at radius 1 is 1.20 bits per heavy atom. The maximum atomic E-state index is 13.4. The Balaban J connectivity index is 1.74. The quantitative estimate of drug-likeness (QED) is 0.357. The van der Waals surface area contributed by atoms with E-state index in [-0.39, 0.29) is 29.4 Å². The largest absolute Gasteiger partial charge is 0.467 e. The Labute approximate surface area is 171 Å². The summed E-state index contributed by atoms with van der Waals surface area (Å²) >= 11 is 0. The van der Waals surface area contributed by atoms with E-state index in [0.717, 1.165) is 5.56 Å². The number of furan rings is 1. The summed E-state index contributed by atoms with van der Waals surface area (Å²) in [6.07, 6.45) is 4.18. The van der Waals surface area contributed by atoms with E-state index in [1.165, 1.54) is 46.7 Å². The summed E-state index contributed by atoms with van der Waals surface area (Å²) in [6, 6.07) is 15.2. The number of amides is 1. The highest BCUT2D eigenvalue weighted by atomic mass is 16.6. The molecule has 0 saturated heterocycles. The van der Waals surface area contributed by atoms with Crippen LogP contribution in [-0.2, 0) is 6.54 Å². The lowest BCUT2D eigenvalue weighted by Crippen LogP contribution is -2.30. The minimum Gasteiger partial charge on any atom is -0.467 e. The fourth-order valence-electron chi connectivity index (χ4n) is 3.05. The first-order valence-corrected chi connectivity index (χ1v) is 9.07. The second kappa shape index (κ2) is 8.00. The molecule has 1 amide bonds. The lowest BCUT2D eigenvalue weighted by Gasteiger charge is -2.22. The van der Waals surface area contributed by atoms with E-state index in [0.29, 0.717) is 11.4 Å². The van der Waals surface area contributed by atoms with Crippen LogP contribution in [0.2, 0.25) is 0 Å². The van der Waals surface area contributed by atoms with Crippen molar-refractivity contribution in [3.05, 3.63) is 101 Å². The molecule has 0 atom stereocenters. The van der Waals surface area contributed by atoms with Gasteiger partial charge < -0.3 is 9.32 Å². The summed E-state index contributed by atoms with van der Waals surface area (Å²) < 4.78 is 6.69. The normalized spacial score (nSPS) is 10.7. The zero-order valence-electron chi connectivity index (χ0n) is 16.0. The Kier molecular flexibility index (Phi) is 5.08. The van der Waals surface area contributed by atoms with Crippen LogP contribution in [0.4, 0.5) is 11.4 Å². The number of nitro benzene ring substituents is 1. The molecule has 0 bridgehead atoms. The van der Waals surface area contributed by atoms with Crippen LogP contribution in [0.5, 0.6) is 0 Å². The van der Waals surface area contributed by atoms with Crippen molar-refractivity contribution in [3.8, 4) is 5.69 Å². The SMILES string of the molecule is Cc1ccc(N(Cc2ccco2)C(=O)c2ccc(-n3cncn3)c([N+](=O)[O-])c2)cc1. The molecular weight excluding hydrogens is 386 g/mol. The molecule has 0 unspecified atom stereocenters. The van der Waals surface area contributed by atoms with Crippen LogP contribution < -0.4 is 4.90 Å². The standard InChI is InChI=1S/C21H17N5O4/c1-15-4-7-17(8-5-15)24(12-18-3-2-10-30-18)21(27)16-6-9-19(20(11-16)26(28)29)25-14-22-13-23-25/h2-11,13-14H,12H2,1H3. The van der Waals surface area contributed by atoms with Crippen LogP contribution in [0.1, 0.15) is 21.7 Å². The number of aryl methyl sites for hydroxylation is 1. The first-order chi connectivity index (χ1) is 14.5. The van der Waals surface area contributed by atoms with E-state index in [2.05, 4.69) is 10.1 Å². The maximum Gasteiger partial charge on any atom is 0.295 e. The second-order valence-corrected chi connectivity index (χ2v) is 6.61. The number of aromatic nitrogens is 3. The zero-order valence-corrected chi connectivity index (χ0v) is 16.0. The molecule has 2 aromatic carbocycles. The maximum absolute atomic E-state index is 13.4. The van der Waals surface area contributed by atoms with Gasteiger partial charge in [-0.1, -0.05) is 17.7 Å². The number of benzene rings is 2. The van der Waals surface area contributed by atoms with E-state index in [1.807, 2.05) is 31.2 Å². The third-order valence-electron chi connectivity index (χ3n) is 4.57. The molecule has 0 aliphatic carbocycles. The second-order valence-electron chi connectivity index (χ2n) is 6.61. The predicted octanol–water partition coefficient (Wildman–Crippen LogP) is 3.92. The first kappa shape index (κ1) is 19.1. The highest BCUT2D eigenvalue weighted by Crippen LogP contribution is 2.27. The highest BCUT2D eigenvalue weighted by molar-refractivity contribution is 6.06. The van der Waals surface area contributed by atoms with Gasteiger partial charge in [0.2, 0.25) is 0 Å². The van der Waals surface area contributed by atoms with Gasteiger partial charge in [-0.3, -0.25) is 14.9 Å². The Morgan fingerprint density at radius 3 is 2.63 bits per heavy atom. The van der Waals surface area contributed by atoms with Crippen molar-refractivity contribution in [2.24, 2.45) is 0 Å². The summed E-state index contributed by atoms with van der Waals surface area (Å²) in [7, 11) is 0. The zero-order chi connectivity index (χ0) is 21.1. The molecule has 0 saturated carbocycles. The molecule has 4 rings (SSSR count). The fraction of sp³-hybridized carbons (Fsp3) is 0.0952. The molecule has 2 heterocycles. The van der Waals surface area contributed by atoms with E-state index >= 15 is 0 Å². The number of nitrogens with zero attached hydrogens (tertiary/aromatic N) is 5. The van der Waals surface area contributed by atoms with E-state index < -0.39 is 4.92 Å².